The van der Waals surface area contributed by atoms with Crippen molar-refractivity contribution in [1.29, 1.82) is 5.41 Å². The van der Waals surface area contributed by atoms with Crippen LogP contribution in [0.4, 0.5) is 0 Å². The number of nitrogens with zero attached hydrogens (tertiary/aromatic N) is 2. The van der Waals surface area contributed by atoms with Crippen LogP contribution in [0, 0.1) is 10.8 Å². The van der Waals surface area contributed by atoms with Crippen molar-refractivity contribution in [3.05, 3.63) is 53.6 Å². The van der Waals surface area contributed by atoms with Crippen LogP contribution in [-0.4, -0.2) is 37.0 Å². The van der Waals surface area contributed by atoms with Crippen LogP contribution in [-0.2, 0) is 21.7 Å². The second-order valence-corrected chi connectivity index (χ2v) is 8.45. The highest BCUT2D eigenvalue weighted by atomic mass is 16.7. The number of rotatable bonds is 4. The monoisotopic (exact) mass is 394 g/mol. The first-order chi connectivity index (χ1) is 13.8. The molecule has 29 heavy (non-hydrogen) atoms. The molecule has 1 unspecified atom stereocenters. The average molecular weight is 395 g/mol. The summed E-state index contributed by atoms with van der Waals surface area (Å²) in [5.41, 5.74) is 10.0. The Balaban J connectivity index is 1.83. The van der Waals surface area contributed by atoms with Gasteiger partial charge in [0.1, 0.15) is 0 Å². The SMILES string of the molecule is C=C/C(=C\C(C)=N)c1ccc2c(c1)C1(N=C(N)N(C)O1)C1(CCC(OC)CC1)C2. The minimum Gasteiger partial charge on any atom is -0.381 e. The van der Waals surface area contributed by atoms with E-state index in [-0.39, 0.29) is 5.41 Å². The lowest BCUT2D eigenvalue weighted by Gasteiger charge is -2.45. The number of benzene rings is 1. The number of hydrogen-bond donors (Lipinski definition) is 2. The van der Waals surface area contributed by atoms with Crippen molar-refractivity contribution in [3.63, 3.8) is 0 Å². The Bertz CT molecular complexity index is 911. The van der Waals surface area contributed by atoms with Crippen molar-refractivity contribution < 1.29 is 9.57 Å². The van der Waals surface area contributed by atoms with Crippen LogP contribution in [0.25, 0.3) is 5.57 Å². The highest BCUT2D eigenvalue weighted by Crippen LogP contribution is 2.62. The van der Waals surface area contributed by atoms with E-state index in [1.807, 2.05) is 13.1 Å². The molecule has 1 fully saturated rings. The Morgan fingerprint density at radius 3 is 2.69 bits per heavy atom. The van der Waals surface area contributed by atoms with Crippen molar-refractivity contribution in [1.82, 2.24) is 5.06 Å². The van der Waals surface area contributed by atoms with E-state index < -0.39 is 5.72 Å². The summed E-state index contributed by atoms with van der Waals surface area (Å²) in [6.07, 6.45) is 8.77. The van der Waals surface area contributed by atoms with E-state index in [9.17, 15) is 0 Å². The Morgan fingerprint density at radius 2 is 2.14 bits per heavy atom. The van der Waals surface area contributed by atoms with Gasteiger partial charge < -0.3 is 15.9 Å². The van der Waals surface area contributed by atoms with Crippen molar-refractivity contribution in [2.75, 3.05) is 14.2 Å². The molecule has 2 aliphatic carbocycles. The molecule has 0 bridgehead atoms. The molecule has 0 aromatic heterocycles. The van der Waals surface area contributed by atoms with Crippen LogP contribution in [0.1, 0.15) is 49.3 Å². The molecule has 6 nitrogen and oxygen atoms in total. The van der Waals surface area contributed by atoms with Gasteiger partial charge in [0, 0.05) is 30.8 Å². The van der Waals surface area contributed by atoms with Crippen molar-refractivity contribution >= 4 is 17.2 Å². The molecule has 0 radical (unpaired) electrons. The summed E-state index contributed by atoms with van der Waals surface area (Å²) < 4.78 is 5.62. The summed E-state index contributed by atoms with van der Waals surface area (Å²) in [4.78, 5) is 11.4. The molecule has 4 rings (SSSR count). The van der Waals surface area contributed by atoms with E-state index in [4.69, 9.17) is 25.7 Å². The number of hydrogen-bond acceptors (Lipinski definition) is 6. The zero-order valence-electron chi connectivity index (χ0n) is 17.5. The molecule has 154 valence electrons. The molecule has 1 saturated carbocycles. The number of nitrogens with two attached hydrogens (primary N) is 1. The first kappa shape index (κ1) is 19.9. The molecule has 0 amide bonds. The zero-order valence-corrected chi connectivity index (χ0v) is 17.5. The Morgan fingerprint density at radius 1 is 1.41 bits per heavy atom. The maximum atomic E-state index is 7.83. The van der Waals surface area contributed by atoms with Crippen LogP contribution in [0.15, 0.2) is 41.9 Å². The number of nitrogens with one attached hydrogen (secondary N) is 1. The van der Waals surface area contributed by atoms with Gasteiger partial charge in [0.05, 0.1) is 6.10 Å². The lowest BCUT2D eigenvalue weighted by molar-refractivity contribution is -0.232. The summed E-state index contributed by atoms with van der Waals surface area (Å²) >= 11 is 0. The number of aliphatic imine (C=N–C) groups is 1. The summed E-state index contributed by atoms with van der Waals surface area (Å²) in [6.45, 7) is 5.70. The topological polar surface area (TPSA) is 83.9 Å². The fourth-order valence-corrected chi connectivity index (χ4v) is 5.21. The molecule has 1 aliphatic heterocycles. The van der Waals surface area contributed by atoms with Crippen LogP contribution in [0.5, 0.6) is 0 Å². The van der Waals surface area contributed by atoms with Crippen LogP contribution >= 0.6 is 0 Å². The molecule has 6 heteroatoms. The maximum absolute atomic E-state index is 7.83. The van der Waals surface area contributed by atoms with E-state index in [0.717, 1.165) is 48.8 Å². The maximum Gasteiger partial charge on any atom is 0.220 e. The van der Waals surface area contributed by atoms with Crippen LogP contribution in [0.2, 0.25) is 0 Å². The number of fused-ring (bicyclic) bond motifs is 3. The van der Waals surface area contributed by atoms with Gasteiger partial charge >= 0.3 is 0 Å². The largest absolute Gasteiger partial charge is 0.381 e. The van der Waals surface area contributed by atoms with Gasteiger partial charge in [-0.2, -0.15) is 0 Å². The quantitative estimate of drug-likeness (QED) is 0.601. The van der Waals surface area contributed by atoms with E-state index in [2.05, 4.69) is 24.8 Å². The third kappa shape index (κ3) is 3.02. The highest BCUT2D eigenvalue weighted by molar-refractivity contribution is 5.99. The summed E-state index contributed by atoms with van der Waals surface area (Å²) in [5, 5.41) is 9.43. The number of hydroxylamine groups is 2. The Hall–Kier alpha value is -2.44. The molecule has 3 aliphatic rings. The summed E-state index contributed by atoms with van der Waals surface area (Å²) in [7, 11) is 3.61. The molecule has 0 saturated heterocycles. The summed E-state index contributed by atoms with van der Waals surface area (Å²) in [5.74, 6) is 0.409. The lowest BCUT2D eigenvalue weighted by Crippen LogP contribution is -2.46. The molecule has 1 aromatic carbocycles. The minimum atomic E-state index is -0.804. The minimum absolute atomic E-state index is 0.131. The van der Waals surface area contributed by atoms with E-state index in [0.29, 0.717) is 17.8 Å². The van der Waals surface area contributed by atoms with Gasteiger partial charge in [-0.15, -0.1) is 0 Å². The smallest absolute Gasteiger partial charge is 0.220 e. The second-order valence-electron chi connectivity index (χ2n) is 8.45. The van der Waals surface area contributed by atoms with Crippen molar-refractivity contribution in [2.24, 2.45) is 16.1 Å². The van der Waals surface area contributed by atoms with Gasteiger partial charge in [-0.25, -0.2) is 14.9 Å². The molecular weight excluding hydrogens is 364 g/mol. The standard InChI is InChI=1S/C23H30N4O2/c1-5-16(12-15(2)24)17-6-7-18-14-22(10-8-19(28-4)9-11-22)23(20(18)13-17)26-21(25)27(3)29-23/h5-7,12-13,19,24H,1,8-11,14H2,2-4H3,(H2,25,26)/b16-12+,24-15?. The van der Waals surface area contributed by atoms with E-state index >= 15 is 0 Å². The number of allylic oxidation sites excluding steroid dienone is 3. The van der Waals surface area contributed by atoms with Gasteiger partial charge in [0.2, 0.25) is 11.7 Å². The van der Waals surface area contributed by atoms with Gasteiger partial charge in [-0.1, -0.05) is 24.8 Å². The van der Waals surface area contributed by atoms with E-state index in [1.54, 1.807) is 25.2 Å². The fourth-order valence-electron chi connectivity index (χ4n) is 5.21. The van der Waals surface area contributed by atoms with Gasteiger partial charge in [-0.3, -0.25) is 0 Å². The Kier molecular flexibility index (Phi) is 4.87. The van der Waals surface area contributed by atoms with E-state index in [1.165, 1.54) is 5.56 Å². The molecule has 1 heterocycles. The first-order valence-electron chi connectivity index (χ1n) is 10.2. The number of guanidine groups is 1. The molecule has 1 aromatic rings. The van der Waals surface area contributed by atoms with Crippen LogP contribution < -0.4 is 5.73 Å². The lowest BCUT2D eigenvalue weighted by atomic mass is 9.66. The molecule has 3 N–H and O–H groups in total. The third-order valence-electron chi connectivity index (χ3n) is 6.73. The highest BCUT2D eigenvalue weighted by Gasteiger charge is 2.63. The number of ether oxygens (including phenoxy) is 1. The zero-order chi connectivity index (χ0) is 20.8. The van der Waals surface area contributed by atoms with Gasteiger partial charge in [0.15, 0.2) is 0 Å². The predicted octanol–water partition coefficient (Wildman–Crippen LogP) is 3.77. The Labute approximate surface area is 172 Å². The molecule has 2 spiro atoms. The second kappa shape index (κ2) is 7.11. The molecular formula is C23H30N4O2. The summed E-state index contributed by atoms with van der Waals surface area (Å²) in [6, 6.07) is 6.43. The van der Waals surface area contributed by atoms with Gasteiger partial charge in [0.25, 0.3) is 0 Å². The average Bonchev–Trinajstić information content (AvgIpc) is 3.14. The van der Waals surface area contributed by atoms with Crippen LogP contribution in [0.3, 0.4) is 0 Å². The van der Waals surface area contributed by atoms with Crippen molar-refractivity contribution in [3.8, 4) is 0 Å². The normalized spacial score (nSPS) is 31.3. The third-order valence-corrected chi connectivity index (χ3v) is 6.73. The predicted molar refractivity (Wildman–Crippen MR) is 116 cm³/mol. The number of methoxy groups -OCH3 is 1. The van der Waals surface area contributed by atoms with Gasteiger partial charge in [-0.05, 0) is 67.9 Å². The first-order valence-corrected chi connectivity index (χ1v) is 10.2. The molecule has 1 atom stereocenters. The fraction of sp³-hybridized carbons (Fsp3) is 0.478. The van der Waals surface area contributed by atoms with Crippen molar-refractivity contribution in [2.45, 2.75) is 50.9 Å².